The standard InChI is InChI=1S/C25H21BrN2O4/c1-15-5-3-4-6-18(15)22-21(23(29)17-7-8-20(32-2)19(26)13-17)24(30)25(31)28(22)14-16-9-11-27-12-10-16/h3-13,22,29H,14H2,1-2H3/b23-21+. The van der Waals surface area contributed by atoms with Crippen LogP contribution in [0.5, 0.6) is 5.75 Å². The average Bonchev–Trinajstić information content (AvgIpc) is 3.04. The third kappa shape index (κ3) is 3.91. The first-order chi connectivity index (χ1) is 15.4. The predicted molar refractivity (Wildman–Crippen MR) is 124 cm³/mol. The molecule has 0 spiro atoms. The largest absolute Gasteiger partial charge is 0.507 e. The van der Waals surface area contributed by atoms with Gasteiger partial charge in [0.25, 0.3) is 11.7 Å². The van der Waals surface area contributed by atoms with Crippen LogP contribution in [0.3, 0.4) is 0 Å². The first kappa shape index (κ1) is 21.8. The Hall–Kier alpha value is -3.45. The molecule has 1 unspecified atom stereocenters. The van der Waals surface area contributed by atoms with E-state index in [1.807, 2.05) is 31.2 Å². The molecular weight excluding hydrogens is 472 g/mol. The monoisotopic (exact) mass is 492 g/mol. The van der Waals surface area contributed by atoms with E-state index in [0.717, 1.165) is 16.7 Å². The maximum absolute atomic E-state index is 13.2. The quantitative estimate of drug-likeness (QED) is 0.314. The van der Waals surface area contributed by atoms with Crippen molar-refractivity contribution in [3.8, 4) is 5.75 Å². The van der Waals surface area contributed by atoms with E-state index in [1.54, 1.807) is 49.8 Å². The zero-order valence-electron chi connectivity index (χ0n) is 17.6. The van der Waals surface area contributed by atoms with Crippen LogP contribution in [0, 0.1) is 6.92 Å². The van der Waals surface area contributed by atoms with E-state index in [4.69, 9.17) is 4.74 Å². The molecule has 1 N–H and O–H groups in total. The van der Waals surface area contributed by atoms with Gasteiger partial charge in [0.1, 0.15) is 11.5 Å². The number of carbonyl (C=O) groups is 2. The highest BCUT2D eigenvalue weighted by Gasteiger charge is 2.46. The molecule has 4 rings (SSSR count). The van der Waals surface area contributed by atoms with Crippen molar-refractivity contribution in [3.05, 3.63) is 99.3 Å². The Morgan fingerprint density at radius 2 is 1.84 bits per heavy atom. The smallest absolute Gasteiger partial charge is 0.295 e. The van der Waals surface area contributed by atoms with Crippen molar-refractivity contribution < 1.29 is 19.4 Å². The van der Waals surface area contributed by atoms with E-state index in [1.165, 1.54) is 4.90 Å². The van der Waals surface area contributed by atoms with Crippen LogP contribution < -0.4 is 4.74 Å². The summed E-state index contributed by atoms with van der Waals surface area (Å²) >= 11 is 3.41. The Kier molecular flexibility index (Phi) is 6.10. The highest BCUT2D eigenvalue weighted by Crippen LogP contribution is 2.42. The second-order valence-corrected chi connectivity index (χ2v) is 8.34. The van der Waals surface area contributed by atoms with Crippen molar-refractivity contribution in [2.45, 2.75) is 19.5 Å². The number of ether oxygens (including phenoxy) is 1. The molecule has 0 bridgehead atoms. The van der Waals surface area contributed by atoms with E-state index < -0.39 is 17.7 Å². The van der Waals surface area contributed by atoms with Gasteiger partial charge < -0.3 is 14.7 Å². The molecule has 1 aliphatic heterocycles. The molecule has 162 valence electrons. The summed E-state index contributed by atoms with van der Waals surface area (Å²) in [6, 6.07) is 15.5. The number of ketones is 1. The Balaban J connectivity index is 1.89. The second kappa shape index (κ2) is 8.96. The van der Waals surface area contributed by atoms with Gasteiger partial charge in [-0.2, -0.15) is 0 Å². The summed E-state index contributed by atoms with van der Waals surface area (Å²) in [5, 5.41) is 11.2. The van der Waals surface area contributed by atoms with Gasteiger partial charge in [-0.3, -0.25) is 14.6 Å². The van der Waals surface area contributed by atoms with Crippen molar-refractivity contribution in [1.29, 1.82) is 0 Å². The van der Waals surface area contributed by atoms with Crippen LogP contribution in [0.25, 0.3) is 5.76 Å². The molecule has 0 saturated carbocycles. The average molecular weight is 493 g/mol. The lowest BCUT2D eigenvalue weighted by molar-refractivity contribution is -0.140. The Morgan fingerprint density at radius 3 is 2.50 bits per heavy atom. The summed E-state index contributed by atoms with van der Waals surface area (Å²) < 4.78 is 5.88. The number of halogens is 1. The van der Waals surface area contributed by atoms with Gasteiger partial charge in [-0.25, -0.2) is 0 Å². The molecular formula is C25H21BrN2O4. The Labute approximate surface area is 194 Å². The molecule has 6 nitrogen and oxygen atoms in total. The van der Waals surface area contributed by atoms with Gasteiger partial charge in [0, 0.05) is 24.5 Å². The fourth-order valence-electron chi connectivity index (χ4n) is 3.91. The molecule has 1 fully saturated rings. The number of benzene rings is 2. The number of hydrogen-bond donors (Lipinski definition) is 1. The van der Waals surface area contributed by atoms with Crippen LogP contribution in [0.15, 0.2) is 77.0 Å². The second-order valence-electron chi connectivity index (χ2n) is 7.49. The summed E-state index contributed by atoms with van der Waals surface area (Å²) in [6.45, 7) is 2.14. The van der Waals surface area contributed by atoms with E-state index in [9.17, 15) is 14.7 Å². The van der Waals surface area contributed by atoms with Gasteiger partial charge >= 0.3 is 0 Å². The van der Waals surface area contributed by atoms with E-state index in [-0.39, 0.29) is 17.9 Å². The molecule has 32 heavy (non-hydrogen) atoms. The summed E-state index contributed by atoms with van der Waals surface area (Å²) in [7, 11) is 1.54. The van der Waals surface area contributed by atoms with E-state index in [0.29, 0.717) is 15.8 Å². The molecule has 1 amide bonds. The highest BCUT2D eigenvalue weighted by atomic mass is 79.9. The third-order valence-electron chi connectivity index (χ3n) is 5.55. The van der Waals surface area contributed by atoms with Crippen LogP contribution in [0.1, 0.15) is 28.3 Å². The summed E-state index contributed by atoms with van der Waals surface area (Å²) in [6.07, 6.45) is 3.28. The van der Waals surface area contributed by atoms with Crippen LogP contribution in [-0.2, 0) is 16.1 Å². The molecule has 3 aromatic rings. The fourth-order valence-corrected chi connectivity index (χ4v) is 4.45. The molecule has 2 aromatic carbocycles. The molecule has 7 heteroatoms. The van der Waals surface area contributed by atoms with Gasteiger partial charge in [-0.15, -0.1) is 0 Å². The van der Waals surface area contributed by atoms with E-state index >= 15 is 0 Å². The Bertz CT molecular complexity index is 1220. The minimum atomic E-state index is -0.717. The highest BCUT2D eigenvalue weighted by molar-refractivity contribution is 9.10. The summed E-state index contributed by atoms with van der Waals surface area (Å²) in [5.74, 6) is -0.992. The number of likely N-dealkylation sites (tertiary alicyclic amines) is 1. The van der Waals surface area contributed by atoms with Crippen LogP contribution in [0.2, 0.25) is 0 Å². The third-order valence-corrected chi connectivity index (χ3v) is 6.17. The van der Waals surface area contributed by atoms with Gasteiger partial charge in [-0.1, -0.05) is 24.3 Å². The number of aliphatic hydroxyl groups excluding tert-OH is 1. The number of pyridine rings is 1. The predicted octanol–water partition coefficient (Wildman–Crippen LogP) is 4.78. The number of aryl methyl sites for hydroxylation is 1. The fraction of sp³-hybridized carbons (Fsp3) is 0.160. The van der Waals surface area contributed by atoms with Gasteiger partial charge in [0.15, 0.2) is 0 Å². The minimum Gasteiger partial charge on any atom is -0.507 e. The van der Waals surface area contributed by atoms with Crippen molar-refractivity contribution in [3.63, 3.8) is 0 Å². The molecule has 1 atom stereocenters. The normalized spacial score (nSPS) is 17.6. The maximum Gasteiger partial charge on any atom is 0.295 e. The van der Waals surface area contributed by atoms with Crippen molar-refractivity contribution in [2.24, 2.45) is 0 Å². The van der Waals surface area contributed by atoms with Crippen molar-refractivity contribution >= 4 is 33.4 Å². The van der Waals surface area contributed by atoms with Crippen molar-refractivity contribution in [2.75, 3.05) is 7.11 Å². The minimum absolute atomic E-state index is 0.0652. The number of amides is 1. The number of rotatable bonds is 5. The summed E-state index contributed by atoms with van der Waals surface area (Å²) in [4.78, 5) is 31.8. The number of aliphatic hydroxyl groups is 1. The lowest BCUT2D eigenvalue weighted by atomic mass is 9.92. The lowest BCUT2D eigenvalue weighted by Gasteiger charge is -2.26. The number of hydrogen-bond acceptors (Lipinski definition) is 5. The molecule has 0 aliphatic carbocycles. The van der Waals surface area contributed by atoms with Crippen LogP contribution >= 0.6 is 15.9 Å². The Morgan fingerprint density at radius 1 is 1.12 bits per heavy atom. The zero-order valence-corrected chi connectivity index (χ0v) is 19.2. The molecule has 0 radical (unpaired) electrons. The topological polar surface area (TPSA) is 79.7 Å². The molecule has 1 saturated heterocycles. The molecule has 1 aromatic heterocycles. The van der Waals surface area contributed by atoms with Gasteiger partial charge in [-0.05, 0) is 69.9 Å². The maximum atomic E-state index is 13.2. The molecule has 1 aliphatic rings. The van der Waals surface area contributed by atoms with Crippen LogP contribution in [-0.4, -0.2) is 33.8 Å². The lowest BCUT2D eigenvalue weighted by Crippen LogP contribution is -2.29. The van der Waals surface area contributed by atoms with Crippen molar-refractivity contribution in [1.82, 2.24) is 9.88 Å². The van der Waals surface area contributed by atoms with Gasteiger partial charge in [0.05, 0.1) is 23.2 Å². The number of methoxy groups -OCH3 is 1. The van der Waals surface area contributed by atoms with E-state index in [2.05, 4.69) is 20.9 Å². The SMILES string of the molecule is COc1ccc(/C(O)=C2\C(=O)C(=O)N(Cc3ccncc3)C2c2ccccc2C)cc1Br. The molecule has 2 heterocycles. The number of nitrogens with zero attached hydrogens (tertiary/aromatic N) is 2. The first-order valence-corrected chi connectivity index (χ1v) is 10.8. The number of aromatic nitrogens is 1. The summed E-state index contributed by atoms with van der Waals surface area (Å²) in [5.41, 5.74) is 3.03. The number of Topliss-reactive ketones (excluding diaryl/α,β-unsaturated/α-hetero) is 1. The zero-order chi connectivity index (χ0) is 22.8. The van der Waals surface area contributed by atoms with Crippen LogP contribution in [0.4, 0.5) is 0 Å². The number of carbonyl (C=O) groups excluding carboxylic acids is 2. The van der Waals surface area contributed by atoms with Gasteiger partial charge in [0.2, 0.25) is 0 Å². The first-order valence-electron chi connectivity index (χ1n) is 9.99.